The van der Waals surface area contributed by atoms with E-state index in [1.54, 1.807) is 4.31 Å². The lowest BCUT2D eigenvalue weighted by Crippen LogP contribution is -2.54. The minimum atomic E-state index is -3.29. The summed E-state index contributed by atoms with van der Waals surface area (Å²) in [6.07, 6.45) is 3.17. The summed E-state index contributed by atoms with van der Waals surface area (Å²) in [5.41, 5.74) is 0.0844. The molecular formula is C11H23N3O2S. The molecule has 1 atom stereocenters. The maximum absolute atomic E-state index is 12.2. The third-order valence-electron chi connectivity index (χ3n) is 3.96. The molecular weight excluding hydrogens is 238 g/mol. The molecule has 2 N–H and O–H groups in total. The lowest BCUT2D eigenvalue weighted by Gasteiger charge is -2.32. The van der Waals surface area contributed by atoms with Crippen LogP contribution in [0.2, 0.25) is 0 Å². The van der Waals surface area contributed by atoms with Crippen LogP contribution in [0.4, 0.5) is 0 Å². The minimum absolute atomic E-state index is 0.0844. The zero-order valence-corrected chi connectivity index (χ0v) is 11.5. The topological polar surface area (TPSA) is 61.4 Å². The quantitative estimate of drug-likeness (QED) is 0.768. The van der Waals surface area contributed by atoms with Crippen molar-refractivity contribution in [3.63, 3.8) is 0 Å². The van der Waals surface area contributed by atoms with Gasteiger partial charge in [0, 0.05) is 32.2 Å². The molecule has 1 aliphatic carbocycles. The predicted octanol–water partition coefficient (Wildman–Crippen LogP) is 0.305. The van der Waals surface area contributed by atoms with Crippen LogP contribution in [0.5, 0.6) is 0 Å². The largest absolute Gasteiger partial charge is 0.314 e. The van der Waals surface area contributed by atoms with Gasteiger partial charge in [0.15, 0.2) is 0 Å². The second kappa shape index (κ2) is 4.84. The lowest BCUT2D eigenvalue weighted by molar-refractivity contribution is 0.297. The van der Waals surface area contributed by atoms with Crippen molar-refractivity contribution >= 4 is 10.2 Å². The van der Waals surface area contributed by atoms with Crippen molar-refractivity contribution in [3.8, 4) is 0 Å². The van der Waals surface area contributed by atoms with Gasteiger partial charge in [-0.05, 0) is 18.3 Å². The summed E-state index contributed by atoms with van der Waals surface area (Å²) in [7, 11) is -3.29. The van der Waals surface area contributed by atoms with Crippen LogP contribution in [0.25, 0.3) is 0 Å². The fourth-order valence-electron chi connectivity index (χ4n) is 2.68. The number of hydrogen-bond donors (Lipinski definition) is 2. The van der Waals surface area contributed by atoms with Crippen LogP contribution in [0.1, 0.15) is 33.1 Å². The summed E-state index contributed by atoms with van der Waals surface area (Å²) in [5, 5.41) is 3.16. The summed E-state index contributed by atoms with van der Waals surface area (Å²) < 4.78 is 28.9. The molecule has 2 fully saturated rings. The Labute approximate surface area is 104 Å². The molecule has 2 rings (SSSR count). The van der Waals surface area contributed by atoms with E-state index >= 15 is 0 Å². The molecule has 100 valence electrons. The zero-order chi connectivity index (χ0) is 12.5. The van der Waals surface area contributed by atoms with E-state index in [4.69, 9.17) is 0 Å². The smallest absolute Gasteiger partial charge is 0.279 e. The number of hydrogen-bond acceptors (Lipinski definition) is 3. The summed E-state index contributed by atoms with van der Waals surface area (Å²) in [6, 6.07) is 0.0855. The Hall–Kier alpha value is -0.170. The van der Waals surface area contributed by atoms with E-state index in [-0.39, 0.29) is 11.5 Å². The molecule has 2 aliphatic rings. The van der Waals surface area contributed by atoms with Crippen molar-refractivity contribution in [2.24, 2.45) is 5.41 Å². The van der Waals surface area contributed by atoms with E-state index in [0.29, 0.717) is 13.1 Å². The number of nitrogens with one attached hydrogen (secondary N) is 2. The molecule has 17 heavy (non-hydrogen) atoms. The standard InChI is InChI=1S/C11H23N3O2S/c1-11(2)5-3-4-10(11)13-17(15,16)14-8-6-12-7-9-14/h10,12-13H,3-9H2,1-2H3. The van der Waals surface area contributed by atoms with Crippen LogP contribution in [0.15, 0.2) is 0 Å². The van der Waals surface area contributed by atoms with Crippen LogP contribution in [0, 0.1) is 5.41 Å². The Bertz CT molecular complexity index is 361. The van der Waals surface area contributed by atoms with Crippen LogP contribution < -0.4 is 10.0 Å². The Balaban J connectivity index is 2.01. The highest BCUT2D eigenvalue weighted by atomic mass is 32.2. The first-order valence-electron chi connectivity index (χ1n) is 6.40. The molecule has 1 aliphatic heterocycles. The van der Waals surface area contributed by atoms with Gasteiger partial charge in [0.25, 0.3) is 10.2 Å². The number of nitrogens with zero attached hydrogens (tertiary/aromatic N) is 1. The highest BCUT2D eigenvalue weighted by molar-refractivity contribution is 7.87. The fraction of sp³-hybridized carbons (Fsp3) is 1.00. The van der Waals surface area contributed by atoms with Gasteiger partial charge in [0.2, 0.25) is 0 Å². The molecule has 0 amide bonds. The molecule has 0 radical (unpaired) electrons. The van der Waals surface area contributed by atoms with Gasteiger partial charge in [-0.25, -0.2) is 0 Å². The van der Waals surface area contributed by atoms with Crippen LogP contribution in [-0.2, 0) is 10.2 Å². The van der Waals surface area contributed by atoms with Gasteiger partial charge in [0.05, 0.1) is 0 Å². The van der Waals surface area contributed by atoms with Crippen LogP contribution in [-0.4, -0.2) is 44.9 Å². The maximum atomic E-state index is 12.2. The lowest BCUT2D eigenvalue weighted by atomic mass is 9.88. The normalized spacial score (nSPS) is 30.6. The van der Waals surface area contributed by atoms with Crippen molar-refractivity contribution in [2.75, 3.05) is 26.2 Å². The van der Waals surface area contributed by atoms with Crippen molar-refractivity contribution in [3.05, 3.63) is 0 Å². The van der Waals surface area contributed by atoms with E-state index in [0.717, 1.165) is 32.4 Å². The van der Waals surface area contributed by atoms with Gasteiger partial charge in [-0.2, -0.15) is 17.4 Å². The van der Waals surface area contributed by atoms with Gasteiger partial charge in [-0.15, -0.1) is 0 Å². The molecule has 1 saturated carbocycles. The van der Waals surface area contributed by atoms with E-state index in [9.17, 15) is 8.42 Å². The second-order valence-corrected chi connectivity index (χ2v) is 7.41. The first-order chi connectivity index (χ1) is 7.92. The van der Waals surface area contributed by atoms with E-state index < -0.39 is 10.2 Å². The van der Waals surface area contributed by atoms with Crippen molar-refractivity contribution < 1.29 is 8.42 Å². The summed E-state index contributed by atoms with van der Waals surface area (Å²) >= 11 is 0. The average Bonchev–Trinajstić information content (AvgIpc) is 2.59. The molecule has 0 bridgehead atoms. The molecule has 1 heterocycles. The second-order valence-electron chi connectivity index (χ2n) is 5.71. The summed E-state index contributed by atoms with van der Waals surface area (Å²) in [5.74, 6) is 0. The average molecular weight is 261 g/mol. The molecule has 0 aromatic heterocycles. The monoisotopic (exact) mass is 261 g/mol. The highest BCUT2D eigenvalue weighted by Crippen LogP contribution is 2.37. The van der Waals surface area contributed by atoms with Crippen molar-refractivity contribution in [1.29, 1.82) is 0 Å². The van der Waals surface area contributed by atoms with Gasteiger partial charge in [-0.3, -0.25) is 0 Å². The Morgan fingerprint density at radius 3 is 2.47 bits per heavy atom. The van der Waals surface area contributed by atoms with Crippen molar-refractivity contribution in [2.45, 2.75) is 39.2 Å². The Morgan fingerprint density at radius 2 is 1.94 bits per heavy atom. The molecule has 1 saturated heterocycles. The Kier molecular flexibility index (Phi) is 3.77. The van der Waals surface area contributed by atoms with Gasteiger partial charge in [-0.1, -0.05) is 20.3 Å². The molecule has 6 heteroatoms. The van der Waals surface area contributed by atoms with Gasteiger partial charge >= 0.3 is 0 Å². The maximum Gasteiger partial charge on any atom is 0.279 e. The van der Waals surface area contributed by atoms with Crippen LogP contribution >= 0.6 is 0 Å². The summed E-state index contributed by atoms with van der Waals surface area (Å²) in [4.78, 5) is 0. The highest BCUT2D eigenvalue weighted by Gasteiger charge is 2.38. The number of rotatable bonds is 3. The third-order valence-corrected chi connectivity index (χ3v) is 5.59. The van der Waals surface area contributed by atoms with Gasteiger partial charge < -0.3 is 5.32 Å². The van der Waals surface area contributed by atoms with Crippen molar-refractivity contribution in [1.82, 2.24) is 14.3 Å². The molecule has 0 spiro atoms. The van der Waals surface area contributed by atoms with Gasteiger partial charge in [0.1, 0.15) is 0 Å². The summed E-state index contributed by atoms with van der Waals surface area (Å²) in [6.45, 7) is 6.92. The van der Waals surface area contributed by atoms with E-state index in [1.807, 2.05) is 0 Å². The minimum Gasteiger partial charge on any atom is -0.314 e. The van der Waals surface area contributed by atoms with E-state index in [1.165, 1.54) is 0 Å². The van der Waals surface area contributed by atoms with E-state index in [2.05, 4.69) is 23.9 Å². The Morgan fingerprint density at radius 1 is 1.29 bits per heavy atom. The molecule has 5 nitrogen and oxygen atoms in total. The van der Waals surface area contributed by atoms with Crippen LogP contribution in [0.3, 0.4) is 0 Å². The molecule has 0 aromatic rings. The number of piperazine rings is 1. The third kappa shape index (κ3) is 2.99. The molecule has 1 unspecified atom stereocenters. The molecule has 0 aromatic carbocycles. The SMILES string of the molecule is CC1(C)CCCC1NS(=O)(=O)N1CCNCC1. The first kappa shape index (κ1) is 13.3. The fourth-order valence-corrected chi connectivity index (χ4v) is 4.29. The predicted molar refractivity (Wildman–Crippen MR) is 67.9 cm³/mol. The first-order valence-corrected chi connectivity index (χ1v) is 7.84. The zero-order valence-electron chi connectivity index (χ0n) is 10.7.